The Kier molecular flexibility index (Phi) is 3.74. The Morgan fingerprint density at radius 1 is 1.31 bits per heavy atom. The predicted molar refractivity (Wildman–Crippen MR) is 48.7 cm³/mol. The molecule has 1 rings (SSSR count). The number of hydrogen-bond donors (Lipinski definition) is 0. The highest BCUT2D eigenvalue weighted by Gasteiger charge is 2.31. The zero-order valence-electron chi connectivity index (χ0n) is 8.34. The minimum absolute atomic E-state index is 0.0479. The first-order valence-electron chi connectivity index (χ1n) is 4.21. The van der Waals surface area contributed by atoms with Gasteiger partial charge in [-0.25, -0.2) is 0 Å². The summed E-state index contributed by atoms with van der Waals surface area (Å²) in [5.41, 5.74) is -1.03. The van der Waals surface area contributed by atoms with Crippen LogP contribution in [0.25, 0.3) is 0 Å². The summed E-state index contributed by atoms with van der Waals surface area (Å²) in [5.74, 6) is -0.0479. The summed E-state index contributed by atoms with van der Waals surface area (Å²) in [7, 11) is 1.35. The Morgan fingerprint density at radius 2 is 2.00 bits per heavy atom. The SMILES string of the molecule is COCOc1cc(C#N)cc(C(F)(F)F)c1. The van der Waals surface area contributed by atoms with Gasteiger partial charge in [-0.15, -0.1) is 0 Å². The van der Waals surface area contributed by atoms with Crippen LogP contribution < -0.4 is 4.74 Å². The molecule has 0 aliphatic heterocycles. The van der Waals surface area contributed by atoms with Crippen LogP contribution in [-0.2, 0) is 10.9 Å². The van der Waals surface area contributed by atoms with Gasteiger partial charge in [0.05, 0.1) is 17.2 Å². The molecule has 0 amide bonds. The molecule has 0 saturated heterocycles. The van der Waals surface area contributed by atoms with E-state index in [9.17, 15) is 13.2 Å². The summed E-state index contributed by atoms with van der Waals surface area (Å²) in [4.78, 5) is 0. The predicted octanol–water partition coefficient (Wildman–Crippen LogP) is 2.56. The smallest absolute Gasteiger partial charge is 0.416 e. The third kappa shape index (κ3) is 3.14. The van der Waals surface area contributed by atoms with Crippen LogP contribution in [0.5, 0.6) is 5.75 Å². The molecule has 0 unspecified atom stereocenters. The van der Waals surface area contributed by atoms with Crippen molar-refractivity contribution in [3.8, 4) is 11.8 Å². The molecule has 0 bridgehead atoms. The average Bonchev–Trinajstić information content (AvgIpc) is 2.24. The summed E-state index contributed by atoms with van der Waals surface area (Å²) in [5, 5.41) is 8.57. The number of methoxy groups -OCH3 is 1. The maximum Gasteiger partial charge on any atom is 0.416 e. The molecule has 86 valence electrons. The number of ether oxygens (including phenoxy) is 2. The second-order valence-electron chi connectivity index (χ2n) is 2.91. The van der Waals surface area contributed by atoms with Gasteiger partial charge in [-0.3, -0.25) is 0 Å². The lowest BCUT2D eigenvalue weighted by Gasteiger charge is -2.10. The fourth-order valence-corrected chi connectivity index (χ4v) is 1.04. The van der Waals surface area contributed by atoms with Crippen molar-refractivity contribution in [2.75, 3.05) is 13.9 Å². The maximum atomic E-state index is 12.4. The summed E-state index contributed by atoms with van der Waals surface area (Å²) < 4.78 is 46.6. The van der Waals surface area contributed by atoms with Gasteiger partial charge >= 0.3 is 6.18 Å². The summed E-state index contributed by atoms with van der Waals surface area (Å²) >= 11 is 0. The topological polar surface area (TPSA) is 42.2 Å². The highest BCUT2D eigenvalue weighted by molar-refractivity contribution is 5.41. The van der Waals surface area contributed by atoms with E-state index in [2.05, 4.69) is 4.74 Å². The highest BCUT2D eigenvalue weighted by Crippen LogP contribution is 2.32. The number of rotatable bonds is 3. The van der Waals surface area contributed by atoms with Gasteiger partial charge in [0, 0.05) is 7.11 Å². The van der Waals surface area contributed by atoms with E-state index in [1.165, 1.54) is 13.2 Å². The van der Waals surface area contributed by atoms with Crippen LogP contribution >= 0.6 is 0 Å². The number of benzene rings is 1. The molecular weight excluding hydrogens is 223 g/mol. The summed E-state index contributed by atoms with van der Waals surface area (Å²) in [6, 6.07) is 4.43. The summed E-state index contributed by atoms with van der Waals surface area (Å²) in [6.07, 6.45) is -4.50. The van der Waals surface area contributed by atoms with Crippen molar-refractivity contribution >= 4 is 0 Å². The average molecular weight is 231 g/mol. The number of nitriles is 1. The zero-order chi connectivity index (χ0) is 12.2. The van der Waals surface area contributed by atoms with E-state index in [0.717, 1.165) is 12.1 Å². The van der Waals surface area contributed by atoms with Crippen molar-refractivity contribution in [1.29, 1.82) is 5.26 Å². The van der Waals surface area contributed by atoms with Crippen molar-refractivity contribution in [3.63, 3.8) is 0 Å². The second kappa shape index (κ2) is 4.86. The van der Waals surface area contributed by atoms with Crippen molar-refractivity contribution in [2.45, 2.75) is 6.18 Å². The minimum Gasteiger partial charge on any atom is -0.468 e. The van der Waals surface area contributed by atoms with Gasteiger partial charge < -0.3 is 9.47 Å². The first-order valence-corrected chi connectivity index (χ1v) is 4.21. The highest BCUT2D eigenvalue weighted by atomic mass is 19.4. The Morgan fingerprint density at radius 3 is 2.50 bits per heavy atom. The van der Waals surface area contributed by atoms with Crippen molar-refractivity contribution in [3.05, 3.63) is 29.3 Å². The lowest BCUT2D eigenvalue weighted by Crippen LogP contribution is -2.07. The van der Waals surface area contributed by atoms with Gasteiger partial charge in [-0.1, -0.05) is 0 Å². The standard InChI is InChI=1S/C10H8F3NO2/c1-15-6-16-9-3-7(5-14)2-8(4-9)10(11,12)13/h2-4H,6H2,1H3. The van der Waals surface area contributed by atoms with Crippen LogP contribution in [0.15, 0.2) is 18.2 Å². The Hall–Kier alpha value is -1.74. The second-order valence-corrected chi connectivity index (χ2v) is 2.91. The quantitative estimate of drug-likeness (QED) is 0.751. The zero-order valence-corrected chi connectivity index (χ0v) is 8.34. The third-order valence-corrected chi connectivity index (χ3v) is 1.71. The van der Waals surface area contributed by atoms with Crippen LogP contribution in [-0.4, -0.2) is 13.9 Å². The van der Waals surface area contributed by atoms with Gasteiger partial charge in [-0.2, -0.15) is 18.4 Å². The van der Waals surface area contributed by atoms with Gasteiger partial charge in [0.25, 0.3) is 0 Å². The molecule has 0 saturated carbocycles. The van der Waals surface area contributed by atoms with E-state index >= 15 is 0 Å². The van der Waals surface area contributed by atoms with Crippen LogP contribution in [0.1, 0.15) is 11.1 Å². The first kappa shape index (κ1) is 12.3. The van der Waals surface area contributed by atoms with E-state index in [1.54, 1.807) is 6.07 Å². The van der Waals surface area contributed by atoms with Crippen molar-refractivity contribution in [2.24, 2.45) is 0 Å². The maximum absolute atomic E-state index is 12.4. The molecule has 1 aromatic carbocycles. The van der Waals surface area contributed by atoms with E-state index in [-0.39, 0.29) is 18.1 Å². The molecular formula is C10H8F3NO2. The largest absolute Gasteiger partial charge is 0.468 e. The molecule has 6 heteroatoms. The van der Waals surface area contributed by atoms with E-state index in [1.807, 2.05) is 0 Å². The van der Waals surface area contributed by atoms with Crippen LogP contribution in [0.4, 0.5) is 13.2 Å². The van der Waals surface area contributed by atoms with Crippen LogP contribution in [0.2, 0.25) is 0 Å². The number of alkyl halides is 3. The Balaban J connectivity index is 3.07. The fraction of sp³-hybridized carbons (Fsp3) is 0.300. The molecule has 0 radical (unpaired) electrons. The lowest BCUT2D eigenvalue weighted by atomic mass is 10.1. The molecule has 0 aliphatic rings. The molecule has 0 fully saturated rings. The first-order chi connectivity index (χ1) is 7.47. The van der Waals surface area contributed by atoms with Gasteiger partial charge in [0.1, 0.15) is 5.75 Å². The van der Waals surface area contributed by atoms with Crippen molar-refractivity contribution in [1.82, 2.24) is 0 Å². The normalized spacial score (nSPS) is 10.9. The Bertz CT molecular complexity index is 410. The van der Waals surface area contributed by atoms with Crippen LogP contribution in [0, 0.1) is 11.3 Å². The van der Waals surface area contributed by atoms with E-state index < -0.39 is 11.7 Å². The molecule has 0 atom stereocenters. The monoisotopic (exact) mass is 231 g/mol. The molecule has 0 aliphatic carbocycles. The van der Waals surface area contributed by atoms with E-state index in [0.29, 0.717) is 0 Å². The number of hydrogen-bond acceptors (Lipinski definition) is 3. The van der Waals surface area contributed by atoms with E-state index in [4.69, 9.17) is 10.00 Å². The number of nitrogens with zero attached hydrogens (tertiary/aromatic N) is 1. The molecule has 0 spiro atoms. The van der Waals surface area contributed by atoms with Gasteiger partial charge in [-0.05, 0) is 18.2 Å². The fourth-order valence-electron chi connectivity index (χ4n) is 1.04. The van der Waals surface area contributed by atoms with Crippen LogP contribution in [0.3, 0.4) is 0 Å². The molecule has 3 nitrogen and oxygen atoms in total. The molecule has 0 aromatic heterocycles. The third-order valence-electron chi connectivity index (χ3n) is 1.71. The molecule has 16 heavy (non-hydrogen) atoms. The minimum atomic E-state index is -4.50. The summed E-state index contributed by atoms with van der Waals surface area (Å²) in [6.45, 7) is -0.174. The molecule has 0 heterocycles. The lowest BCUT2D eigenvalue weighted by molar-refractivity contribution is -0.137. The molecule has 1 aromatic rings. The van der Waals surface area contributed by atoms with Gasteiger partial charge in [0.2, 0.25) is 0 Å². The molecule has 0 N–H and O–H groups in total. The van der Waals surface area contributed by atoms with Crippen molar-refractivity contribution < 1.29 is 22.6 Å². The van der Waals surface area contributed by atoms with Gasteiger partial charge in [0.15, 0.2) is 6.79 Å². The number of halogens is 3. The Labute approximate surface area is 90.0 Å².